The first-order valence-electron chi connectivity index (χ1n) is 3.96. The van der Waals surface area contributed by atoms with E-state index in [9.17, 15) is 18.0 Å². The van der Waals surface area contributed by atoms with Gasteiger partial charge < -0.3 is 10.1 Å². The molecule has 0 aromatic carbocycles. The Morgan fingerprint density at radius 1 is 1.64 bits per heavy atom. The average molecular weight is 211 g/mol. The minimum Gasteiger partial charge on any atom is -0.440 e. The topological polar surface area (TPSA) is 38.3 Å². The molecular weight excluding hydrogens is 199 g/mol. The summed E-state index contributed by atoms with van der Waals surface area (Å²) < 4.78 is 38.7. The fourth-order valence-corrected chi connectivity index (χ4v) is 0.699. The molecule has 0 rings (SSSR count). The zero-order chi connectivity index (χ0) is 11.2. The normalized spacial score (nSPS) is 13.1. The largest absolute Gasteiger partial charge is 0.440 e. The average Bonchev–Trinajstić information content (AvgIpc) is 2.00. The van der Waals surface area contributed by atoms with Crippen molar-refractivity contribution in [3.8, 4) is 0 Å². The molecule has 3 nitrogen and oxygen atoms in total. The Kier molecular flexibility index (Phi) is 5.04. The number of carbonyl (C=O) groups excluding carboxylic acids is 1. The first-order valence-corrected chi connectivity index (χ1v) is 3.96. The van der Waals surface area contributed by atoms with Crippen LogP contribution in [0.3, 0.4) is 0 Å². The minimum atomic E-state index is -4.49. The molecule has 0 spiro atoms. The lowest BCUT2D eigenvalue weighted by Gasteiger charge is -2.12. The molecule has 0 saturated heterocycles. The van der Waals surface area contributed by atoms with Gasteiger partial charge in [0.05, 0.1) is 0 Å². The first kappa shape index (κ1) is 12.8. The monoisotopic (exact) mass is 211 g/mol. The summed E-state index contributed by atoms with van der Waals surface area (Å²) in [4.78, 5) is 10.7. The molecule has 0 aromatic heterocycles. The van der Waals surface area contributed by atoms with Crippen molar-refractivity contribution in [3.05, 3.63) is 12.7 Å². The highest BCUT2D eigenvalue weighted by Gasteiger charge is 2.29. The second-order valence-corrected chi connectivity index (χ2v) is 2.76. The van der Waals surface area contributed by atoms with Crippen molar-refractivity contribution in [1.82, 2.24) is 5.32 Å². The third kappa shape index (κ3) is 7.45. The van der Waals surface area contributed by atoms with Crippen LogP contribution in [0.25, 0.3) is 0 Å². The van der Waals surface area contributed by atoms with E-state index in [-0.39, 0.29) is 6.04 Å². The van der Waals surface area contributed by atoms with Gasteiger partial charge in [-0.3, -0.25) is 0 Å². The van der Waals surface area contributed by atoms with E-state index in [2.05, 4.69) is 16.6 Å². The number of alkyl halides is 3. The van der Waals surface area contributed by atoms with E-state index in [1.807, 2.05) is 0 Å². The summed E-state index contributed by atoms with van der Waals surface area (Å²) in [6.45, 7) is 3.49. The van der Waals surface area contributed by atoms with E-state index in [0.29, 0.717) is 6.42 Å². The summed E-state index contributed by atoms with van der Waals surface area (Å²) in [6.07, 6.45) is -3.54. The molecular formula is C8H12F3NO2. The number of rotatable bonds is 4. The Morgan fingerprint density at radius 2 is 2.21 bits per heavy atom. The van der Waals surface area contributed by atoms with E-state index in [4.69, 9.17) is 0 Å². The predicted molar refractivity (Wildman–Crippen MR) is 44.8 cm³/mol. The summed E-state index contributed by atoms with van der Waals surface area (Å²) in [7, 11) is 0. The molecule has 0 heterocycles. The van der Waals surface area contributed by atoms with Gasteiger partial charge in [0.15, 0.2) is 6.61 Å². The quantitative estimate of drug-likeness (QED) is 0.724. The van der Waals surface area contributed by atoms with Gasteiger partial charge in [-0.15, -0.1) is 6.58 Å². The number of alkyl carbamates (subject to hydrolysis) is 1. The second-order valence-electron chi connectivity index (χ2n) is 2.76. The fraction of sp³-hybridized carbons (Fsp3) is 0.625. The van der Waals surface area contributed by atoms with Gasteiger partial charge >= 0.3 is 12.3 Å². The van der Waals surface area contributed by atoms with Crippen LogP contribution in [0.2, 0.25) is 0 Å². The minimum absolute atomic E-state index is 0.284. The van der Waals surface area contributed by atoms with Crippen LogP contribution in [0, 0.1) is 0 Å². The van der Waals surface area contributed by atoms with Crippen molar-refractivity contribution < 1.29 is 22.7 Å². The summed E-state index contributed by atoms with van der Waals surface area (Å²) in [5.74, 6) is 0. The lowest BCUT2D eigenvalue weighted by molar-refractivity contribution is -0.160. The Labute approximate surface area is 79.9 Å². The predicted octanol–water partition coefficient (Wildman–Crippen LogP) is 2.24. The van der Waals surface area contributed by atoms with Gasteiger partial charge in [-0.25, -0.2) is 4.79 Å². The highest BCUT2D eigenvalue weighted by atomic mass is 19.4. The van der Waals surface area contributed by atoms with E-state index < -0.39 is 18.9 Å². The molecule has 0 aliphatic rings. The van der Waals surface area contributed by atoms with Crippen molar-refractivity contribution in [3.63, 3.8) is 0 Å². The highest BCUT2D eigenvalue weighted by Crippen LogP contribution is 2.14. The summed E-state index contributed by atoms with van der Waals surface area (Å²) in [6, 6.07) is -0.284. The maximum Gasteiger partial charge on any atom is 0.422 e. The Balaban J connectivity index is 3.70. The molecule has 0 radical (unpaired) electrons. The van der Waals surface area contributed by atoms with Crippen LogP contribution in [-0.4, -0.2) is 24.9 Å². The van der Waals surface area contributed by atoms with Crippen LogP contribution >= 0.6 is 0 Å². The Hall–Kier alpha value is -1.20. The van der Waals surface area contributed by atoms with Crippen LogP contribution in [-0.2, 0) is 4.74 Å². The van der Waals surface area contributed by atoms with Crippen LogP contribution in [0.15, 0.2) is 12.7 Å². The smallest absolute Gasteiger partial charge is 0.422 e. The van der Waals surface area contributed by atoms with Crippen molar-refractivity contribution in [2.45, 2.75) is 25.6 Å². The molecule has 1 amide bonds. The third-order valence-corrected chi connectivity index (χ3v) is 1.25. The SMILES string of the molecule is C=CCC(C)NC(=O)OCC(F)(F)F. The summed E-state index contributed by atoms with van der Waals surface area (Å²) >= 11 is 0. The molecule has 1 atom stereocenters. The molecule has 14 heavy (non-hydrogen) atoms. The lowest BCUT2D eigenvalue weighted by atomic mass is 10.2. The molecule has 1 unspecified atom stereocenters. The Morgan fingerprint density at radius 3 is 2.64 bits per heavy atom. The van der Waals surface area contributed by atoms with Crippen molar-refractivity contribution in [2.75, 3.05) is 6.61 Å². The van der Waals surface area contributed by atoms with E-state index in [0.717, 1.165) is 0 Å². The zero-order valence-corrected chi connectivity index (χ0v) is 7.73. The van der Waals surface area contributed by atoms with Gasteiger partial charge in [0.2, 0.25) is 0 Å². The first-order chi connectivity index (χ1) is 6.35. The number of amides is 1. The lowest BCUT2D eigenvalue weighted by Crippen LogP contribution is -2.34. The van der Waals surface area contributed by atoms with Crippen LogP contribution in [0.1, 0.15) is 13.3 Å². The van der Waals surface area contributed by atoms with Crippen molar-refractivity contribution in [1.29, 1.82) is 0 Å². The van der Waals surface area contributed by atoms with Crippen LogP contribution in [0.5, 0.6) is 0 Å². The number of halogens is 3. The number of ether oxygens (including phenoxy) is 1. The molecule has 0 aliphatic heterocycles. The van der Waals surface area contributed by atoms with Gasteiger partial charge in [-0.2, -0.15) is 13.2 Å². The molecule has 0 aromatic rings. The molecule has 1 N–H and O–H groups in total. The van der Waals surface area contributed by atoms with E-state index >= 15 is 0 Å². The van der Waals surface area contributed by atoms with E-state index in [1.165, 1.54) is 0 Å². The van der Waals surface area contributed by atoms with Crippen molar-refractivity contribution in [2.24, 2.45) is 0 Å². The van der Waals surface area contributed by atoms with Gasteiger partial charge in [0, 0.05) is 6.04 Å². The van der Waals surface area contributed by atoms with E-state index in [1.54, 1.807) is 13.0 Å². The maximum atomic E-state index is 11.6. The van der Waals surface area contributed by atoms with Gasteiger partial charge in [0.25, 0.3) is 0 Å². The standard InChI is InChI=1S/C8H12F3NO2/c1-3-4-6(2)12-7(13)14-5-8(9,10)11/h3,6H,1,4-5H2,2H3,(H,12,13). The summed E-state index contributed by atoms with van der Waals surface area (Å²) in [5, 5.41) is 2.22. The molecule has 0 fully saturated rings. The van der Waals surface area contributed by atoms with Crippen LogP contribution < -0.4 is 5.32 Å². The Bertz CT molecular complexity index is 203. The zero-order valence-electron chi connectivity index (χ0n) is 7.73. The van der Waals surface area contributed by atoms with Gasteiger partial charge in [-0.1, -0.05) is 6.08 Å². The van der Waals surface area contributed by atoms with Gasteiger partial charge in [-0.05, 0) is 13.3 Å². The number of hydrogen-bond acceptors (Lipinski definition) is 2. The third-order valence-electron chi connectivity index (χ3n) is 1.25. The number of nitrogens with one attached hydrogen (secondary N) is 1. The second kappa shape index (κ2) is 5.51. The molecule has 0 bridgehead atoms. The number of hydrogen-bond donors (Lipinski definition) is 1. The molecule has 0 aliphatic carbocycles. The maximum absolute atomic E-state index is 11.6. The van der Waals surface area contributed by atoms with Crippen molar-refractivity contribution >= 4 is 6.09 Å². The molecule has 82 valence electrons. The molecule has 0 saturated carbocycles. The van der Waals surface area contributed by atoms with Gasteiger partial charge in [0.1, 0.15) is 0 Å². The highest BCUT2D eigenvalue weighted by molar-refractivity contribution is 5.67. The molecule has 6 heteroatoms. The van der Waals surface area contributed by atoms with Crippen LogP contribution in [0.4, 0.5) is 18.0 Å². The fourth-order valence-electron chi connectivity index (χ4n) is 0.699. The summed E-state index contributed by atoms with van der Waals surface area (Å²) in [5.41, 5.74) is 0. The number of carbonyl (C=O) groups is 1.